The summed E-state index contributed by atoms with van der Waals surface area (Å²) in [4.78, 5) is 19.1. The number of rotatable bonds is 28. The van der Waals surface area contributed by atoms with Crippen LogP contribution in [0.1, 0.15) is 244 Å². The Labute approximate surface area is 572 Å². The fourth-order valence-electron chi connectivity index (χ4n) is 6.45. The smallest absolute Gasteiger partial charge is 0.102 e. The van der Waals surface area contributed by atoms with Crippen molar-refractivity contribution in [2.24, 2.45) is 5.73 Å². The molecule has 0 aromatic carbocycles. The van der Waals surface area contributed by atoms with Crippen LogP contribution in [0.15, 0.2) is 25.2 Å². The second-order valence-electron chi connectivity index (χ2n) is 24.4. The molecule has 17 heteroatoms. The standard InChI is InChI=1S/C9H20N2.C8H15N3.C8H18N2.C7H16N2.C7H18N2.2C6H13N.C5H12FN.C4H10O.C3H9N.10CH4/c1-9(2)10-5-8-11-6-3-4-7-11;1-7(2)10-4-3-8-5-9-6-11-8;1-8(2)9-4-7-10-5-3-6-10;1-7(2)8-3-4-9-5-6-9;1-7(2)8-5-6-9(3)4;1-6(2)7-4-3-5-7;1-4-5-7-6(2)3;1-5(2)7-4-3-6;1-4(2)5-3;1-3(2)4;;;;;;;;;;/h9-10H,3-8H2,1-2H3;5-7,10H,3-4H2,1-2H3,(H,9,11);8-9H,3-7H2,1-2H3;7-8H,3-6H2,1-2H3;7-8H,5-6H2,1-4H3;6H,3-5H2,1-2H3;4,6-7H,1,5H2,2-3H3;5,7H,3-4H2,1-2H3;4H,1-3H3;3H,4H2,1-2H3;10*1H4. The minimum absolute atomic E-state index is 0. The summed E-state index contributed by atoms with van der Waals surface area (Å²) in [5.41, 5.74) is 6.30. The monoisotopic (exact) mass is 1310 g/mol. The van der Waals surface area contributed by atoms with Crippen LogP contribution in [0.5, 0.6) is 0 Å². The Hall–Kier alpha value is -1.68. The molecule has 90 heavy (non-hydrogen) atoms. The van der Waals surface area contributed by atoms with E-state index >= 15 is 0 Å². The third kappa shape index (κ3) is 124. The number of nitrogens with zero attached hydrogens (tertiary/aromatic N) is 6. The van der Waals surface area contributed by atoms with E-state index in [0.29, 0.717) is 61.0 Å². The van der Waals surface area contributed by atoms with Crippen molar-refractivity contribution in [1.82, 2.24) is 71.7 Å². The number of nitrogens with one attached hydrogen (secondary N) is 8. The van der Waals surface area contributed by atoms with Gasteiger partial charge in [-0.1, -0.05) is 191 Å². The molecule has 4 aliphatic rings. The van der Waals surface area contributed by atoms with Gasteiger partial charge in [-0.15, -0.1) is 6.58 Å². The molecule has 5 rings (SSSR count). The van der Waals surface area contributed by atoms with Crippen LogP contribution in [0.3, 0.4) is 0 Å². The third-order valence-corrected chi connectivity index (χ3v) is 11.7. The van der Waals surface area contributed by atoms with Crippen LogP contribution < -0.4 is 43.0 Å². The molecule has 0 spiro atoms. The van der Waals surface area contributed by atoms with E-state index in [-0.39, 0.29) is 80.9 Å². The number of imidazole rings is 1. The Morgan fingerprint density at radius 3 is 1.02 bits per heavy atom. The molecule has 4 saturated heterocycles. The highest BCUT2D eigenvalue weighted by Gasteiger charge is 2.16. The molecule has 1 aromatic rings. The zero-order valence-electron chi connectivity index (χ0n) is 57.4. The maximum Gasteiger partial charge on any atom is 0.102 e. The first-order valence-electron chi connectivity index (χ1n) is 31.7. The maximum absolute atomic E-state index is 11.3. The number of alkyl halides is 1. The molecule has 1 aromatic heterocycles. The van der Waals surface area contributed by atoms with Crippen molar-refractivity contribution in [3.05, 3.63) is 30.9 Å². The molecular weight excluding hydrogens is 1120 g/mol. The summed E-state index contributed by atoms with van der Waals surface area (Å²) in [6.07, 6.45) is 12.5. The molecule has 0 bridgehead atoms. The van der Waals surface area contributed by atoms with Gasteiger partial charge in [-0.05, 0) is 113 Å². The molecule has 4 fully saturated rings. The summed E-state index contributed by atoms with van der Waals surface area (Å²) in [5.74, 6) is 0. The van der Waals surface area contributed by atoms with Crippen molar-refractivity contribution in [3.63, 3.8) is 0 Å². The molecule has 4 aliphatic heterocycles. The normalized spacial score (nSPS) is 13.2. The lowest BCUT2D eigenvalue weighted by Gasteiger charge is -2.34. The second kappa shape index (κ2) is 91.5. The lowest BCUT2D eigenvalue weighted by Crippen LogP contribution is -2.42. The van der Waals surface area contributed by atoms with Crippen LogP contribution in [-0.2, 0) is 11.2 Å². The van der Waals surface area contributed by atoms with Crippen LogP contribution >= 0.6 is 0 Å². The lowest BCUT2D eigenvalue weighted by atomic mass is 10.2. The van der Waals surface area contributed by atoms with E-state index in [4.69, 9.17) is 10.5 Å². The SMILES string of the molecule is C.C.C.C.C.C.C.C.C.C.C=CCNC(C)C.CC(C)N.CC(C)N1CCC1.CC(C)NCCF.CC(C)NCCN(C)C.CC(C)NCCN1CC1.CC(C)NCCN1CCC1.CC(C)NCCN1CCCC1.CC(C)NCCc1cnc[nH]1.COC(C)C. The Balaban J connectivity index is -0.0000000533. The van der Waals surface area contributed by atoms with Crippen LogP contribution in [0, 0.1) is 0 Å². The van der Waals surface area contributed by atoms with Crippen molar-refractivity contribution in [3.8, 4) is 0 Å². The number of likely N-dealkylation sites (N-methyl/N-ethyl adjacent to an activating group) is 1. The molecule has 0 unspecified atom stereocenters. The number of aromatic nitrogens is 2. The average Bonchev–Trinajstić information content (AvgIpc) is 3.71. The van der Waals surface area contributed by atoms with Crippen molar-refractivity contribution >= 4 is 0 Å². The van der Waals surface area contributed by atoms with Gasteiger partial charge in [-0.3, -0.25) is 4.90 Å². The molecule has 0 saturated carbocycles. The summed E-state index contributed by atoms with van der Waals surface area (Å²) >= 11 is 0. The zero-order chi connectivity index (χ0) is 62.1. The van der Waals surface area contributed by atoms with Gasteiger partial charge in [-0.25, -0.2) is 9.37 Å². The van der Waals surface area contributed by atoms with Gasteiger partial charge in [-0.2, -0.15) is 0 Å². The number of nitrogens with two attached hydrogens (primary N) is 1. The van der Waals surface area contributed by atoms with Crippen LogP contribution in [0.25, 0.3) is 0 Å². The molecule has 5 heterocycles. The average molecular weight is 1310 g/mol. The minimum Gasteiger partial charge on any atom is -0.382 e. The molecular formula is C73H184FN15O. The highest BCUT2D eigenvalue weighted by molar-refractivity contribution is 4.94. The fraction of sp³-hybridized carbons (Fsp3) is 0.932. The fourth-order valence-corrected chi connectivity index (χ4v) is 6.45. The largest absolute Gasteiger partial charge is 0.382 e. The van der Waals surface area contributed by atoms with Gasteiger partial charge in [0.15, 0.2) is 0 Å². The van der Waals surface area contributed by atoms with Crippen molar-refractivity contribution in [1.29, 1.82) is 0 Å². The highest BCUT2D eigenvalue weighted by Crippen LogP contribution is 2.09. The maximum atomic E-state index is 11.3. The molecule has 0 atom stereocenters. The Morgan fingerprint density at radius 1 is 0.511 bits per heavy atom. The Morgan fingerprint density at radius 2 is 0.822 bits per heavy atom. The summed E-state index contributed by atoms with van der Waals surface area (Å²) < 4.78 is 16.0. The van der Waals surface area contributed by atoms with Gasteiger partial charge in [0.25, 0.3) is 0 Å². The van der Waals surface area contributed by atoms with E-state index in [1.54, 1.807) is 13.4 Å². The van der Waals surface area contributed by atoms with Crippen LogP contribution in [-0.4, -0.2) is 247 Å². The number of halogens is 1. The van der Waals surface area contributed by atoms with E-state index in [9.17, 15) is 4.39 Å². The second-order valence-corrected chi connectivity index (χ2v) is 24.4. The first kappa shape index (κ1) is 125. The quantitative estimate of drug-likeness (QED) is 0.0287. The van der Waals surface area contributed by atoms with Gasteiger partial charge < -0.3 is 72.3 Å². The number of aromatic amines is 1. The number of methoxy groups -OCH3 is 1. The topological polar surface area (TPSA) is 164 Å². The zero-order valence-corrected chi connectivity index (χ0v) is 57.4. The molecule has 10 N–H and O–H groups in total. The van der Waals surface area contributed by atoms with E-state index < -0.39 is 0 Å². The molecule has 0 radical (unpaired) electrons. The van der Waals surface area contributed by atoms with E-state index in [2.05, 4.69) is 189 Å². The first-order valence-corrected chi connectivity index (χ1v) is 31.7. The van der Waals surface area contributed by atoms with Crippen molar-refractivity contribution < 1.29 is 9.13 Å². The molecule has 0 amide bonds. The van der Waals surface area contributed by atoms with E-state index in [1.807, 2.05) is 53.8 Å². The summed E-state index contributed by atoms with van der Waals surface area (Å²) in [7, 11) is 5.87. The lowest BCUT2D eigenvalue weighted by molar-refractivity contribution is 0.134. The van der Waals surface area contributed by atoms with Gasteiger partial charge >= 0.3 is 0 Å². The van der Waals surface area contributed by atoms with Crippen LogP contribution in [0.4, 0.5) is 4.39 Å². The first-order chi connectivity index (χ1) is 37.6. The minimum atomic E-state index is -0.266. The predicted octanol–water partition coefficient (Wildman–Crippen LogP) is 14.5. The number of ether oxygens (including phenoxy) is 1. The Kier molecular flexibility index (Phi) is 127. The highest BCUT2D eigenvalue weighted by atomic mass is 19.1. The molecule has 16 nitrogen and oxygen atoms in total. The number of likely N-dealkylation sites (tertiary alicyclic amines) is 3. The van der Waals surface area contributed by atoms with Gasteiger partial charge in [0.05, 0.1) is 12.4 Å². The van der Waals surface area contributed by atoms with Gasteiger partial charge in [0.2, 0.25) is 0 Å². The third-order valence-electron chi connectivity index (χ3n) is 11.7. The Bertz CT molecular complexity index is 1260. The number of H-pyrrole nitrogens is 1. The van der Waals surface area contributed by atoms with Crippen molar-refractivity contribution in [2.75, 3.05) is 152 Å². The van der Waals surface area contributed by atoms with Crippen LogP contribution in [0.2, 0.25) is 0 Å². The summed E-state index contributed by atoms with van der Waals surface area (Å²) in [6, 6.07) is 5.22. The van der Waals surface area contributed by atoms with Gasteiger partial charge in [0.1, 0.15) is 6.67 Å². The number of hydrogen-bond donors (Lipinski definition) is 9. The summed E-state index contributed by atoms with van der Waals surface area (Å²) in [5, 5.41) is 23.0. The summed E-state index contributed by atoms with van der Waals surface area (Å²) in [6.45, 7) is 68.0. The van der Waals surface area contributed by atoms with E-state index in [0.717, 1.165) is 58.3 Å². The predicted molar refractivity (Wildman–Crippen MR) is 422 cm³/mol. The van der Waals surface area contributed by atoms with Gasteiger partial charge in [0, 0.05) is 159 Å². The van der Waals surface area contributed by atoms with Crippen molar-refractivity contribution in [2.45, 2.75) is 305 Å². The van der Waals surface area contributed by atoms with E-state index in [1.165, 1.54) is 103 Å². The number of hydrogen-bond acceptors (Lipinski definition) is 15. The molecule has 564 valence electrons. The molecule has 0 aliphatic carbocycles.